The van der Waals surface area contributed by atoms with Gasteiger partial charge in [-0.25, -0.2) is 8.42 Å². The lowest BCUT2D eigenvalue weighted by molar-refractivity contribution is -0.121. The Hall–Kier alpha value is -0.980. The van der Waals surface area contributed by atoms with Crippen molar-refractivity contribution in [1.29, 1.82) is 0 Å². The third-order valence-corrected chi connectivity index (χ3v) is 4.70. The molecule has 0 saturated heterocycles. The molecule has 0 fully saturated rings. The summed E-state index contributed by atoms with van der Waals surface area (Å²) in [5.41, 5.74) is 0.184. The fourth-order valence-electron chi connectivity index (χ4n) is 1.89. The summed E-state index contributed by atoms with van der Waals surface area (Å²) in [6.45, 7) is 5.87. The predicted octanol–water partition coefficient (Wildman–Crippen LogP) is 2.92. The van der Waals surface area contributed by atoms with Crippen molar-refractivity contribution >= 4 is 44.8 Å². The van der Waals surface area contributed by atoms with Crippen molar-refractivity contribution in [3.8, 4) is 0 Å². The highest BCUT2D eigenvalue weighted by Gasteiger charge is 2.30. The number of hydrogen-bond donors (Lipinski definition) is 1. The van der Waals surface area contributed by atoms with Crippen molar-refractivity contribution in [3.05, 3.63) is 28.2 Å². The zero-order valence-corrected chi connectivity index (χ0v) is 15.3. The van der Waals surface area contributed by atoms with E-state index in [1.807, 2.05) is 13.8 Å². The van der Waals surface area contributed by atoms with E-state index in [4.69, 9.17) is 23.2 Å². The summed E-state index contributed by atoms with van der Waals surface area (Å²) in [5.74, 6) is -0.132. The van der Waals surface area contributed by atoms with Crippen LogP contribution < -0.4 is 9.62 Å². The minimum atomic E-state index is -3.71. The highest BCUT2D eigenvalue weighted by atomic mass is 35.5. The molecular weight excluding hydrogens is 347 g/mol. The van der Waals surface area contributed by atoms with Gasteiger partial charge in [0.25, 0.3) is 0 Å². The Morgan fingerprint density at radius 3 is 2.36 bits per heavy atom. The highest BCUT2D eigenvalue weighted by molar-refractivity contribution is 7.92. The minimum Gasteiger partial charge on any atom is -0.354 e. The average Bonchev–Trinajstić information content (AvgIpc) is 2.38. The first-order chi connectivity index (χ1) is 10.0. The maximum atomic E-state index is 12.2. The van der Waals surface area contributed by atoms with Crippen LogP contribution in [0.25, 0.3) is 0 Å². The first-order valence-corrected chi connectivity index (χ1v) is 9.36. The number of hydrogen-bond acceptors (Lipinski definition) is 3. The normalized spacial score (nSPS) is 13.0. The van der Waals surface area contributed by atoms with Gasteiger partial charge >= 0.3 is 0 Å². The number of sulfonamides is 1. The second-order valence-electron chi connectivity index (χ2n) is 5.47. The number of nitrogens with zero attached hydrogens (tertiary/aromatic N) is 1. The third-order valence-electron chi connectivity index (χ3n) is 2.92. The summed E-state index contributed by atoms with van der Waals surface area (Å²) in [6, 6.07) is 3.54. The number of benzene rings is 1. The van der Waals surface area contributed by atoms with Gasteiger partial charge in [-0.15, -0.1) is 0 Å². The Kier molecular flexibility index (Phi) is 6.52. The number of halogens is 2. The standard InChI is InChI=1S/C14H20Cl2N2O3S/c1-9(2)8-17-14(19)10(3)18(22(4,20)21)13-7-11(15)5-6-12(13)16/h5-7,9-10H,8H2,1-4H3,(H,17,19)/t10-/m0/s1. The summed E-state index contributed by atoms with van der Waals surface area (Å²) in [4.78, 5) is 12.2. The van der Waals surface area contributed by atoms with E-state index in [-0.39, 0.29) is 16.6 Å². The van der Waals surface area contributed by atoms with Crippen molar-refractivity contribution in [1.82, 2.24) is 5.32 Å². The van der Waals surface area contributed by atoms with Crippen LogP contribution in [0, 0.1) is 5.92 Å². The van der Waals surface area contributed by atoms with Gasteiger partial charge in [-0.2, -0.15) is 0 Å². The molecule has 1 amide bonds. The molecule has 0 aliphatic rings. The van der Waals surface area contributed by atoms with Crippen molar-refractivity contribution in [2.24, 2.45) is 5.92 Å². The van der Waals surface area contributed by atoms with Crippen molar-refractivity contribution in [2.45, 2.75) is 26.8 Å². The molecule has 0 unspecified atom stereocenters. The molecule has 22 heavy (non-hydrogen) atoms. The van der Waals surface area contributed by atoms with Gasteiger partial charge in [-0.1, -0.05) is 37.0 Å². The van der Waals surface area contributed by atoms with E-state index in [1.54, 1.807) is 6.07 Å². The third kappa shape index (κ3) is 5.04. The van der Waals surface area contributed by atoms with E-state index in [0.717, 1.165) is 10.6 Å². The van der Waals surface area contributed by atoms with Crippen LogP contribution in [0.4, 0.5) is 5.69 Å². The minimum absolute atomic E-state index is 0.184. The van der Waals surface area contributed by atoms with Crippen LogP contribution in [0.2, 0.25) is 10.0 Å². The molecule has 0 aliphatic heterocycles. The lowest BCUT2D eigenvalue weighted by Crippen LogP contribution is -2.48. The Balaban J connectivity index is 3.19. The molecule has 124 valence electrons. The molecule has 0 aromatic heterocycles. The molecule has 0 heterocycles. The van der Waals surface area contributed by atoms with E-state index < -0.39 is 22.0 Å². The van der Waals surface area contributed by atoms with E-state index >= 15 is 0 Å². The summed E-state index contributed by atoms with van der Waals surface area (Å²) in [6.07, 6.45) is 1.02. The van der Waals surface area contributed by atoms with Crippen LogP contribution in [-0.2, 0) is 14.8 Å². The average molecular weight is 367 g/mol. The topological polar surface area (TPSA) is 66.5 Å². The van der Waals surface area contributed by atoms with Gasteiger partial charge < -0.3 is 5.32 Å². The number of rotatable bonds is 6. The number of carbonyl (C=O) groups is 1. The van der Waals surface area contributed by atoms with Crippen LogP contribution >= 0.6 is 23.2 Å². The maximum Gasteiger partial charge on any atom is 0.243 e. The number of amides is 1. The monoisotopic (exact) mass is 366 g/mol. The molecule has 1 rings (SSSR count). The van der Waals surface area contributed by atoms with E-state index in [9.17, 15) is 13.2 Å². The fraction of sp³-hybridized carbons (Fsp3) is 0.500. The molecule has 0 bridgehead atoms. The number of nitrogens with one attached hydrogen (secondary N) is 1. The van der Waals surface area contributed by atoms with Gasteiger partial charge in [0.15, 0.2) is 0 Å². The lowest BCUT2D eigenvalue weighted by Gasteiger charge is -2.29. The summed E-state index contributed by atoms with van der Waals surface area (Å²) < 4.78 is 25.2. The second kappa shape index (κ2) is 7.53. The van der Waals surface area contributed by atoms with Crippen molar-refractivity contribution < 1.29 is 13.2 Å². The Morgan fingerprint density at radius 1 is 1.27 bits per heavy atom. The zero-order chi connectivity index (χ0) is 17.1. The van der Waals surface area contributed by atoms with Crippen LogP contribution in [0.3, 0.4) is 0 Å². The molecular formula is C14H20Cl2N2O3S. The molecule has 1 aromatic carbocycles. The molecule has 1 aromatic rings. The quantitative estimate of drug-likeness (QED) is 0.841. The largest absolute Gasteiger partial charge is 0.354 e. The first kappa shape index (κ1) is 19.1. The molecule has 0 aliphatic carbocycles. The molecule has 1 atom stereocenters. The fourth-order valence-corrected chi connectivity index (χ4v) is 3.49. The van der Waals surface area contributed by atoms with Gasteiger partial charge in [0.2, 0.25) is 15.9 Å². The zero-order valence-electron chi connectivity index (χ0n) is 12.9. The predicted molar refractivity (Wildman–Crippen MR) is 91.1 cm³/mol. The summed E-state index contributed by atoms with van der Waals surface area (Å²) in [5, 5.41) is 3.26. The number of carbonyl (C=O) groups excluding carboxylic acids is 1. The molecule has 5 nitrogen and oxygen atoms in total. The lowest BCUT2D eigenvalue weighted by atomic mass is 10.2. The highest BCUT2D eigenvalue weighted by Crippen LogP contribution is 2.32. The number of anilines is 1. The van der Waals surface area contributed by atoms with Gasteiger partial charge in [-0.3, -0.25) is 9.10 Å². The maximum absolute atomic E-state index is 12.2. The van der Waals surface area contributed by atoms with Gasteiger partial charge in [0.1, 0.15) is 6.04 Å². The second-order valence-corrected chi connectivity index (χ2v) is 8.17. The van der Waals surface area contributed by atoms with Crippen molar-refractivity contribution in [3.63, 3.8) is 0 Å². The van der Waals surface area contributed by atoms with E-state index in [0.29, 0.717) is 11.6 Å². The van der Waals surface area contributed by atoms with E-state index in [2.05, 4.69) is 5.32 Å². The molecule has 0 saturated carbocycles. The Labute approximate surface area is 141 Å². The van der Waals surface area contributed by atoms with Crippen molar-refractivity contribution in [2.75, 3.05) is 17.1 Å². The van der Waals surface area contributed by atoms with Gasteiger partial charge in [-0.05, 0) is 31.0 Å². The van der Waals surface area contributed by atoms with Crippen LogP contribution in [-0.4, -0.2) is 33.2 Å². The molecule has 0 radical (unpaired) electrons. The Morgan fingerprint density at radius 2 is 1.86 bits per heavy atom. The Bertz CT molecular complexity index is 647. The smallest absolute Gasteiger partial charge is 0.243 e. The molecule has 0 spiro atoms. The van der Waals surface area contributed by atoms with Crippen LogP contribution in [0.15, 0.2) is 18.2 Å². The van der Waals surface area contributed by atoms with Gasteiger partial charge in [0.05, 0.1) is 17.0 Å². The van der Waals surface area contributed by atoms with Crippen LogP contribution in [0.5, 0.6) is 0 Å². The summed E-state index contributed by atoms with van der Waals surface area (Å²) in [7, 11) is -3.71. The SMILES string of the molecule is CC(C)CNC(=O)[C@H](C)N(c1cc(Cl)ccc1Cl)S(C)(=O)=O. The summed E-state index contributed by atoms with van der Waals surface area (Å²) >= 11 is 12.0. The molecule has 1 N–H and O–H groups in total. The molecule has 8 heteroatoms. The first-order valence-electron chi connectivity index (χ1n) is 6.76. The van der Waals surface area contributed by atoms with Gasteiger partial charge in [0, 0.05) is 11.6 Å². The van der Waals surface area contributed by atoms with Crippen LogP contribution in [0.1, 0.15) is 20.8 Å². The van der Waals surface area contributed by atoms with E-state index in [1.165, 1.54) is 19.1 Å².